The van der Waals surface area contributed by atoms with E-state index in [1.807, 2.05) is 19.1 Å². The lowest BCUT2D eigenvalue weighted by atomic mass is 10.2. The van der Waals surface area contributed by atoms with Crippen LogP contribution in [0.2, 0.25) is 5.28 Å². The maximum Gasteiger partial charge on any atom is 0.210 e. The van der Waals surface area contributed by atoms with Crippen molar-refractivity contribution in [3.63, 3.8) is 0 Å². The third kappa shape index (κ3) is 2.22. The summed E-state index contributed by atoms with van der Waals surface area (Å²) in [4.78, 5) is 8.23. The molecule has 0 aliphatic carbocycles. The van der Waals surface area contributed by atoms with Crippen molar-refractivity contribution in [3.8, 4) is 5.75 Å². The minimum atomic E-state index is 0.296. The smallest absolute Gasteiger partial charge is 0.210 e. The molecule has 3 aromatic heterocycles. The van der Waals surface area contributed by atoms with Crippen molar-refractivity contribution in [3.05, 3.63) is 47.4 Å². The molecule has 19 heavy (non-hydrogen) atoms. The van der Waals surface area contributed by atoms with Crippen LogP contribution < -0.4 is 4.74 Å². The molecule has 0 saturated carbocycles. The van der Waals surface area contributed by atoms with Gasteiger partial charge in [0.2, 0.25) is 10.9 Å². The molecule has 3 heterocycles. The maximum atomic E-state index is 5.92. The average molecular weight is 276 g/mol. The summed E-state index contributed by atoms with van der Waals surface area (Å²) in [6, 6.07) is 3.84. The molecule has 0 fully saturated rings. The van der Waals surface area contributed by atoms with Crippen LogP contribution in [0, 0.1) is 6.92 Å². The number of hydrogen-bond donors (Lipinski definition) is 0. The number of aromatic nitrogens is 5. The second-order valence-corrected chi connectivity index (χ2v) is 4.29. The summed E-state index contributed by atoms with van der Waals surface area (Å²) in [6.45, 7) is 2.33. The molecule has 0 radical (unpaired) electrons. The minimum absolute atomic E-state index is 0.296. The van der Waals surface area contributed by atoms with E-state index < -0.39 is 0 Å². The second-order valence-electron chi connectivity index (χ2n) is 3.95. The lowest BCUT2D eigenvalue weighted by molar-refractivity contribution is 0.305. The molecule has 0 aliphatic heterocycles. The number of pyridine rings is 1. The van der Waals surface area contributed by atoms with Gasteiger partial charge >= 0.3 is 0 Å². The summed E-state index contributed by atoms with van der Waals surface area (Å²) in [7, 11) is 0. The number of aryl methyl sites for hydroxylation is 1. The summed E-state index contributed by atoms with van der Waals surface area (Å²) in [6.07, 6.45) is 4.78. The number of fused-ring (bicyclic) bond motifs is 1. The Hall–Kier alpha value is -2.21. The summed E-state index contributed by atoms with van der Waals surface area (Å²) in [5.41, 5.74) is 2.48. The van der Waals surface area contributed by atoms with Crippen LogP contribution in [0.25, 0.3) is 5.65 Å². The van der Waals surface area contributed by atoms with Gasteiger partial charge in [0, 0.05) is 17.5 Å². The Morgan fingerprint density at radius 2 is 2.26 bits per heavy atom. The molecular formula is C12H10ClN5O. The van der Waals surface area contributed by atoms with Crippen LogP contribution in [-0.2, 0) is 6.61 Å². The van der Waals surface area contributed by atoms with Gasteiger partial charge < -0.3 is 4.74 Å². The van der Waals surface area contributed by atoms with Gasteiger partial charge in [-0.25, -0.2) is 4.98 Å². The van der Waals surface area contributed by atoms with Gasteiger partial charge in [0.05, 0.1) is 6.20 Å². The van der Waals surface area contributed by atoms with E-state index in [4.69, 9.17) is 16.3 Å². The van der Waals surface area contributed by atoms with Gasteiger partial charge in [0.15, 0.2) is 5.75 Å². The highest BCUT2D eigenvalue weighted by molar-refractivity contribution is 6.28. The number of rotatable bonds is 3. The third-order valence-electron chi connectivity index (χ3n) is 2.75. The van der Waals surface area contributed by atoms with E-state index >= 15 is 0 Å². The monoisotopic (exact) mass is 275 g/mol. The van der Waals surface area contributed by atoms with E-state index in [2.05, 4.69) is 20.2 Å². The average Bonchev–Trinajstić information content (AvgIpc) is 2.90. The molecule has 0 atom stereocenters. The second kappa shape index (κ2) is 4.81. The lowest BCUT2D eigenvalue weighted by Crippen LogP contribution is -2.01. The van der Waals surface area contributed by atoms with E-state index in [1.54, 1.807) is 10.6 Å². The van der Waals surface area contributed by atoms with E-state index in [0.717, 1.165) is 11.3 Å². The van der Waals surface area contributed by atoms with Crippen molar-refractivity contribution >= 4 is 17.2 Å². The number of halogens is 1. The number of ether oxygens (including phenoxy) is 1. The van der Waals surface area contributed by atoms with Gasteiger partial charge in [-0.1, -0.05) is 6.07 Å². The van der Waals surface area contributed by atoms with Gasteiger partial charge in [-0.05, 0) is 24.6 Å². The summed E-state index contributed by atoms with van der Waals surface area (Å²) in [5, 5.41) is 8.05. The standard InChI is InChI=1S/C12H10ClN5O/c1-8-9(3-2-4-14-8)6-19-10-5-15-12(13)18-7-16-17-11(10)18/h2-5,7H,6H2,1H3. The van der Waals surface area contributed by atoms with Crippen molar-refractivity contribution in [1.29, 1.82) is 0 Å². The summed E-state index contributed by atoms with van der Waals surface area (Å²) in [5.74, 6) is 0.533. The van der Waals surface area contributed by atoms with Crippen LogP contribution in [0.4, 0.5) is 0 Å². The summed E-state index contributed by atoms with van der Waals surface area (Å²) < 4.78 is 7.28. The lowest BCUT2D eigenvalue weighted by Gasteiger charge is -2.08. The Morgan fingerprint density at radius 3 is 3.11 bits per heavy atom. The first-order chi connectivity index (χ1) is 9.25. The molecular weight excluding hydrogens is 266 g/mol. The quantitative estimate of drug-likeness (QED) is 0.685. The largest absolute Gasteiger partial charge is 0.483 e. The first-order valence-corrected chi connectivity index (χ1v) is 6.01. The van der Waals surface area contributed by atoms with E-state index in [-0.39, 0.29) is 0 Å². The van der Waals surface area contributed by atoms with Crippen molar-refractivity contribution in [2.75, 3.05) is 0 Å². The van der Waals surface area contributed by atoms with Crippen molar-refractivity contribution in [2.45, 2.75) is 13.5 Å². The number of hydrogen-bond acceptors (Lipinski definition) is 5. The first kappa shape index (κ1) is 11.9. The van der Waals surface area contributed by atoms with Crippen LogP contribution in [0.15, 0.2) is 30.9 Å². The van der Waals surface area contributed by atoms with Gasteiger partial charge in [0.1, 0.15) is 12.9 Å². The highest BCUT2D eigenvalue weighted by Gasteiger charge is 2.09. The predicted molar refractivity (Wildman–Crippen MR) is 69.1 cm³/mol. The topological polar surface area (TPSA) is 65.2 Å². The Kier molecular flexibility index (Phi) is 3.00. The molecule has 96 valence electrons. The normalized spacial score (nSPS) is 10.8. The van der Waals surface area contributed by atoms with Crippen LogP contribution in [0.1, 0.15) is 11.3 Å². The molecule has 0 aromatic carbocycles. The summed E-state index contributed by atoms with van der Waals surface area (Å²) >= 11 is 5.92. The highest BCUT2D eigenvalue weighted by atomic mass is 35.5. The molecule has 3 rings (SSSR count). The Morgan fingerprint density at radius 1 is 1.37 bits per heavy atom. The fraction of sp³-hybridized carbons (Fsp3) is 0.167. The molecule has 0 amide bonds. The fourth-order valence-corrected chi connectivity index (χ4v) is 1.87. The predicted octanol–water partition coefficient (Wildman–Crippen LogP) is 2.06. The highest BCUT2D eigenvalue weighted by Crippen LogP contribution is 2.20. The molecule has 3 aromatic rings. The molecule has 0 spiro atoms. The zero-order valence-corrected chi connectivity index (χ0v) is 10.9. The zero-order chi connectivity index (χ0) is 13.2. The molecule has 6 nitrogen and oxygen atoms in total. The molecule has 0 bridgehead atoms. The van der Waals surface area contributed by atoms with Crippen molar-refractivity contribution in [2.24, 2.45) is 0 Å². The fourth-order valence-electron chi connectivity index (χ4n) is 1.70. The molecule has 0 unspecified atom stereocenters. The van der Waals surface area contributed by atoms with E-state index in [1.165, 1.54) is 12.5 Å². The van der Waals surface area contributed by atoms with Gasteiger partial charge in [0.25, 0.3) is 0 Å². The van der Waals surface area contributed by atoms with Crippen LogP contribution in [-0.4, -0.2) is 24.6 Å². The first-order valence-electron chi connectivity index (χ1n) is 5.63. The number of nitrogens with zero attached hydrogens (tertiary/aromatic N) is 5. The SMILES string of the molecule is Cc1ncccc1COc1cnc(Cl)n2cnnc12. The Balaban J connectivity index is 1.88. The van der Waals surface area contributed by atoms with Crippen molar-refractivity contribution < 1.29 is 4.74 Å². The maximum absolute atomic E-state index is 5.92. The molecule has 7 heteroatoms. The van der Waals surface area contributed by atoms with Gasteiger partial charge in [-0.3, -0.25) is 9.38 Å². The zero-order valence-electron chi connectivity index (χ0n) is 10.1. The minimum Gasteiger partial charge on any atom is -0.483 e. The molecule has 0 aliphatic rings. The van der Waals surface area contributed by atoms with Crippen molar-refractivity contribution in [1.82, 2.24) is 24.6 Å². The van der Waals surface area contributed by atoms with Crippen LogP contribution in [0.5, 0.6) is 5.75 Å². The van der Waals surface area contributed by atoms with Gasteiger partial charge in [-0.15, -0.1) is 10.2 Å². The molecule has 0 N–H and O–H groups in total. The van der Waals surface area contributed by atoms with Crippen LogP contribution in [0.3, 0.4) is 0 Å². The third-order valence-corrected chi connectivity index (χ3v) is 3.03. The van der Waals surface area contributed by atoms with E-state index in [9.17, 15) is 0 Å². The van der Waals surface area contributed by atoms with E-state index in [0.29, 0.717) is 23.3 Å². The Bertz CT molecular complexity index is 727. The van der Waals surface area contributed by atoms with Crippen LogP contribution >= 0.6 is 11.6 Å². The Labute approximate surface area is 114 Å². The van der Waals surface area contributed by atoms with Gasteiger partial charge in [-0.2, -0.15) is 0 Å². The molecule has 0 saturated heterocycles.